The second kappa shape index (κ2) is 4.79. The highest BCUT2D eigenvalue weighted by atomic mass is 79.9. The number of thiophene rings is 1. The van der Waals surface area contributed by atoms with Crippen molar-refractivity contribution in [3.63, 3.8) is 0 Å². The van der Waals surface area contributed by atoms with Gasteiger partial charge in [0.2, 0.25) is 0 Å². The largest absolute Gasteiger partial charge is 0.465 e. The Labute approximate surface area is 122 Å². The van der Waals surface area contributed by atoms with E-state index in [1.54, 1.807) is 6.07 Å². The van der Waals surface area contributed by atoms with E-state index < -0.39 is 6.09 Å². The van der Waals surface area contributed by atoms with E-state index in [0.717, 1.165) is 23.0 Å². The Balaban J connectivity index is 1.69. The second-order valence-electron chi connectivity index (χ2n) is 4.91. The number of rotatable bonds is 2. The molecule has 2 bridgehead atoms. The molecule has 0 aromatic carbocycles. The molecule has 3 atom stereocenters. The maximum atomic E-state index is 12.1. The van der Waals surface area contributed by atoms with Crippen LogP contribution in [-0.4, -0.2) is 40.1 Å². The summed E-state index contributed by atoms with van der Waals surface area (Å²) in [6.07, 6.45) is 1.61. The quantitative estimate of drug-likeness (QED) is 0.865. The number of halogens is 1. The van der Waals surface area contributed by atoms with Gasteiger partial charge in [0.15, 0.2) is 0 Å². The van der Waals surface area contributed by atoms with Gasteiger partial charge in [-0.05, 0) is 47.3 Å². The van der Waals surface area contributed by atoms with Crippen LogP contribution in [0.5, 0.6) is 0 Å². The Hall–Kier alpha value is -1.08. The third kappa shape index (κ3) is 2.25. The van der Waals surface area contributed by atoms with E-state index in [0.29, 0.717) is 4.88 Å². The molecule has 0 saturated carbocycles. The lowest BCUT2D eigenvalue weighted by atomic mass is 9.95. The summed E-state index contributed by atoms with van der Waals surface area (Å²) >= 11 is 4.71. The first-order valence-electron chi connectivity index (χ1n) is 6.13. The molecule has 3 unspecified atom stereocenters. The zero-order valence-electron chi connectivity index (χ0n) is 10.0. The van der Waals surface area contributed by atoms with Crippen LogP contribution >= 0.6 is 27.3 Å². The molecular formula is C12H13BrN2O3S. The van der Waals surface area contributed by atoms with Gasteiger partial charge in [0.1, 0.15) is 0 Å². The van der Waals surface area contributed by atoms with Crippen LogP contribution in [0.2, 0.25) is 0 Å². The van der Waals surface area contributed by atoms with E-state index in [9.17, 15) is 14.7 Å². The average molecular weight is 345 g/mol. The number of nitrogens with zero attached hydrogens (tertiary/aromatic N) is 1. The Morgan fingerprint density at radius 3 is 2.79 bits per heavy atom. The molecule has 0 aliphatic carbocycles. The van der Waals surface area contributed by atoms with Crippen molar-refractivity contribution in [2.75, 3.05) is 0 Å². The van der Waals surface area contributed by atoms with E-state index in [2.05, 4.69) is 21.2 Å². The zero-order chi connectivity index (χ0) is 13.6. The first-order chi connectivity index (χ1) is 9.06. The lowest BCUT2D eigenvalue weighted by Crippen LogP contribution is -2.44. The predicted molar refractivity (Wildman–Crippen MR) is 74.6 cm³/mol. The van der Waals surface area contributed by atoms with Gasteiger partial charge in [0.05, 0.1) is 20.7 Å². The van der Waals surface area contributed by atoms with Gasteiger partial charge in [-0.2, -0.15) is 0 Å². The highest BCUT2D eigenvalue weighted by Gasteiger charge is 2.49. The third-order valence-electron chi connectivity index (χ3n) is 3.87. The molecule has 7 heteroatoms. The summed E-state index contributed by atoms with van der Waals surface area (Å²) in [7, 11) is 0. The molecule has 1 aromatic heterocycles. The smallest absolute Gasteiger partial charge is 0.407 e. The van der Waals surface area contributed by atoms with E-state index in [1.807, 2.05) is 6.07 Å². The molecule has 2 aliphatic heterocycles. The van der Waals surface area contributed by atoms with Crippen molar-refractivity contribution in [2.24, 2.45) is 0 Å². The molecule has 2 saturated heterocycles. The fourth-order valence-corrected chi connectivity index (χ4v) is 4.41. The minimum atomic E-state index is -0.872. The summed E-state index contributed by atoms with van der Waals surface area (Å²) in [6, 6.07) is 3.57. The fourth-order valence-electron chi connectivity index (χ4n) is 3.12. The van der Waals surface area contributed by atoms with Crippen molar-refractivity contribution < 1.29 is 14.7 Å². The van der Waals surface area contributed by atoms with Gasteiger partial charge in [-0.3, -0.25) is 4.79 Å². The van der Waals surface area contributed by atoms with Crippen LogP contribution in [0.3, 0.4) is 0 Å². The number of hydrogen-bond acceptors (Lipinski definition) is 3. The number of hydrogen-bond donors (Lipinski definition) is 2. The summed E-state index contributed by atoms with van der Waals surface area (Å²) < 4.78 is 0.915. The average Bonchev–Trinajstić information content (AvgIpc) is 3.02. The van der Waals surface area contributed by atoms with Gasteiger partial charge in [-0.1, -0.05) is 0 Å². The molecule has 3 rings (SSSR count). The van der Waals surface area contributed by atoms with E-state index in [-0.39, 0.29) is 24.0 Å². The van der Waals surface area contributed by atoms with Crippen molar-refractivity contribution in [1.82, 2.24) is 10.2 Å². The van der Waals surface area contributed by atoms with Crippen molar-refractivity contribution >= 4 is 39.3 Å². The second-order valence-corrected chi connectivity index (χ2v) is 7.37. The monoisotopic (exact) mass is 344 g/mol. The van der Waals surface area contributed by atoms with Gasteiger partial charge >= 0.3 is 6.09 Å². The summed E-state index contributed by atoms with van der Waals surface area (Å²) in [5.74, 6) is -0.112. The maximum absolute atomic E-state index is 12.1. The first kappa shape index (κ1) is 12.9. The van der Waals surface area contributed by atoms with E-state index in [4.69, 9.17) is 0 Å². The Morgan fingerprint density at radius 2 is 2.21 bits per heavy atom. The fraction of sp³-hybridized carbons (Fsp3) is 0.500. The van der Waals surface area contributed by atoms with Crippen molar-refractivity contribution in [3.8, 4) is 0 Å². The molecule has 1 aromatic rings. The predicted octanol–water partition coefficient (Wildman–Crippen LogP) is 2.52. The minimum absolute atomic E-state index is 0.0526. The standard InChI is InChI=1S/C12H13BrN2O3S/c13-10-4-3-9(19-10)11(16)14-7-5-6-1-2-8(7)15(6)12(17)18/h3-4,6-8H,1-2,5H2,(H,14,16)(H,17,18). The van der Waals surface area contributed by atoms with Crippen LogP contribution in [0.4, 0.5) is 4.79 Å². The Morgan fingerprint density at radius 1 is 1.42 bits per heavy atom. The Kier molecular flexibility index (Phi) is 3.26. The van der Waals surface area contributed by atoms with Crippen LogP contribution in [-0.2, 0) is 0 Å². The summed E-state index contributed by atoms with van der Waals surface area (Å²) in [5, 5.41) is 12.1. The molecule has 19 heavy (non-hydrogen) atoms. The SMILES string of the molecule is O=C(NC1CC2CCC1N2C(=O)O)c1ccc(Br)s1. The molecule has 102 valence electrons. The number of carboxylic acid groups (broad SMARTS) is 1. The highest BCUT2D eigenvalue weighted by Crippen LogP contribution is 2.38. The number of amides is 2. The molecule has 3 heterocycles. The van der Waals surface area contributed by atoms with Crippen molar-refractivity contribution in [2.45, 2.75) is 37.4 Å². The normalized spacial score (nSPS) is 28.7. The molecule has 0 spiro atoms. The number of carbonyl (C=O) groups is 2. The molecule has 0 radical (unpaired) electrons. The molecule has 2 aliphatic rings. The van der Waals surface area contributed by atoms with Gasteiger partial charge in [-0.25, -0.2) is 4.79 Å². The first-order valence-corrected chi connectivity index (χ1v) is 7.74. The summed E-state index contributed by atoms with van der Waals surface area (Å²) in [4.78, 5) is 25.4. The van der Waals surface area contributed by atoms with Gasteiger partial charge in [0, 0.05) is 6.04 Å². The number of nitrogens with one attached hydrogen (secondary N) is 1. The van der Waals surface area contributed by atoms with Crippen LogP contribution in [0.15, 0.2) is 15.9 Å². The lowest BCUT2D eigenvalue weighted by Gasteiger charge is -2.22. The molecule has 2 N–H and O–H groups in total. The van der Waals surface area contributed by atoms with Crippen LogP contribution < -0.4 is 5.32 Å². The molecular weight excluding hydrogens is 332 g/mol. The summed E-state index contributed by atoms with van der Waals surface area (Å²) in [5.41, 5.74) is 0. The number of carbonyl (C=O) groups excluding carboxylic acids is 1. The molecule has 5 nitrogen and oxygen atoms in total. The van der Waals surface area contributed by atoms with Crippen LogP contribution in [0.1, 0.15) is 28.9 Å². The molecule has 2 fully saturated rings. The van der Waals surface area contributed by atoms with E-state index in [1.165, 1.54) is 16.2 Å². The highest BCUT2D eigenvalue weighted by molar-refractivity contribution is 9.11. The lowest BCUT2D eigenvalue weighted by molar-refractivity contribution is 0.0925. The van der Waals surface area contributed by atoms with Gasteiger partial charge < -0.3 is 15.3 Å². The van der Waals surface area contributed by atoms with Crippen LogP contribution in [0, 0.1) is 0 Å². The maximum Gasteiger partial charge on any atom is 0.407 e. The van der Waals surface area contributed by atoms with Crippen LogP contribution in [0.25, 0.3) is 0 Å². The zero-order valence-corrected chi connectivity index (χ0v) is 12.4. The van der Waals surface area contributed by atoms with Gasteiger partial charge in [0.25, 0.3) is 5.91 Å². The number of fused-ring (bicyclic) bond motifs is 2. The third-order valence-corrected chi connectivity index (χ3v) is 5.49. The molecule has 2 amide bonds. The Bertz CT molecular complexity index is 533. The van der Waals surface area contributed by atoms with Crippen molar-refractivity contribution in [1.29, 1.82) is 0 Å². The van der Waals surface area contributed by atoms with Gasteiger partial charge in [-0.15, -0.1) is 11.3 Å². The topological polar surface area (TPSA) is 69.6 Å². The minimum Gasteiger partial charge on any atom is -0.465 e. The van der Waals surface area contributed by atoms with E-state index >= 15 is 0 Å². The van der Waals surface area contributed by atoms with Crippen molar-refractivity contribution in [3.05, 3.63) is 20.8 Å². The summed E-state index contributed by atoms with van der Waals surface area (Å²) in [6.45, 7) is 0.